The van der Waals surface area contributed by atoms with Crippen molar-refractivity contribution in [3.05, 3.63) is 109 Å². The molecule has 72 heavy (non-hydrogen) atoms. The molecular weight excluding hydrogens is 889 g/mol. The number of allylic oxidation sites excluding steroid dienone is 18. The summed E-state index contributed by atoms with van der Waals surface area (Å²) < 4.78 is 16.8. The summed E-state index contributed by atoms with van der Waals surface area (Å²) in [5, 5.41) is 0. The van der Waals surface area contributed by atoms with Crippen molar-refractivity contribution in [2.45, 2.75) is 277 Å². The maximum atomic E-state index is 12.8. The monoisotopic (exact) mass is 999 g/mol. The third-order valence-corrected chi connectivity index (χ3v) is 12.5. The van der Waals surface area contributed by atoms with Crippen molar-refractivity contribution in [2.24, 2.45) is 0 Å². The van der Waals surface area contributed by atoms with Crippen molar-refractivity contribution >= 4 is 17.9 Å². The maximum Gasteiger partial charge on any atom is 0.306 e. The summed E-state index contributed by atoms with van der Waals surface area (Å²) in [5.41, 5.74) is 0. The molecule has 0 amide bonds. The number of hydrogen-bond acceptors (Lipinski definition) is 6. The number of carbonyl (C=O) groups is 3. The van der Waals surface area contributed by atoms with Gasteiger partial charge in [-0.05, 0) is 128 Å². The van der Waals surface area contributed by atoms with E-state index in [9.17, 15) is 14.4 Å². The molecule has 0 N–H and O–H groups in total. The highest BCUT2D eigenvalue weighted by Crippen LogP contribution is 2.14. The van der Waals surface area contributed by atoms with Crippen molar-refractivity contribution < 1.29 is 28.6 Å². The summed E-state index contributed by atoms with van der Waals surface area (Å²) in [4.78, 5) is 38.1. The fourth-order valence-corrected chi connectivity index (χ4v) is 8.00. The first-order valence-electron chi connectivity index (χ1n) is 29.9. The third-order valence-electron chi connectivity index (χ3n) is 12.5. The molecule has 0 saturated heterocycles. The second kappa shape index (κ2) is 59.6. The lowest BCUT2D eigenvalue weighted by molar-refractivity contribution is -0.167. The molecule has 6 nitrogen and oxygen atoms in total. The summed E-state index contributed by atoms with van der Waals surface area (Å²) in [7, 11) is 0. The highest BCUT2D eigenvalue weighted by atomic mass is 16.6. The Kier molecular flexibility index (Phi) is 56.4. The maximum absolute atomic E-state index is 12.8. The summed E-state index contributed by atoms with van der Waals surface area (Å²) in [6.07, 6.45) is 80.8. The van der Waals surface area contributed by atoms with Crippen LogP contribution >= 0.6 is 0 Å². The molecule has 0 aromatic rings. The highest BCUT2D eigenvalue weighted by Gasteiger charge is 2.19. The van der Waals surface area contributed by atoms with Crippen molar-refractivity contribution in [3.63, 3.8) is 0 Å². The van der Waals surface area contributed by atoms with Gasteiger partial charge >= 0.3 is 17.9 Å². The lowest BCUT2D eigenvalue weighted by Crippen LogP contribution is -2.30. The van der Waals surface area contributed by atoms with Gasteiger partial charge in [0, 0.05) is 19.3 Å². The SMILES string of the molecule is CC/C=C\C/C=C\C/C=C\C/C=C\C/C=C\C/C=C\C/C=C\CCCCCCCC(=O)OCC(COC(=O)CCCCCCC/C=C\CCCCC)OC(=O)CCCCCCC/C=C\CCCCCCCC. The standard InChI is InChI=1S/C66H110O6/c1-4-7-10-13-16-19-22-25-27-28-29-30-31-32-33-34-35-36-37-38-40-41-44-47-50-53-56-59-65(68)71-62-63(61-70-64(67)58-55-52-49-46-43-24-21-18-15-12-9-6-3)72-66(69)60-57-54-51-48-45-42-39-26-23-20-17-14-11-8-5-2/h7,10,16,18-19,21,25-27,29-30,32-33,35-36,38-40,63H,4-6,8-9,11-15,17,20,22-24,28,31,34,37,41-62H2,1-3H3/b10-7-,19-16-,21-18-,27-25-,30-29-,33-32-,36-35-,39-26-,40-38-. The molecule has 0 spiro atoms. The van der Waals surface area contributed by atoms with Crippen LogP contribution in [0.25, 0.3) is 0 Å². The lowest BCUT2D eigenvalue weighted by atomic mass is 10.1. The van der Waals surface area contributed by atoms with Gasteiger partial charge < -0.3 is 14.2 Å². The van der Waals surface area contributed by atoms with Crippen molar-refractivity contribution in [2.75, 3.05) is 13.2 Å². The summed E-state index contributed by atoms with van der Waals surface area (Å²) in [6.45, 7) is 6.47. The molecule has 1 atom stereocenters. The fourth-order valence-electron chi connectivity index (χ4n) is 8.00. The molecule has 0 aliphatic rings. The molecule has 0 fully saturated rings. The molecule has 410 valence electrons. The molecule has 0 aromatic carbocycles. The Morgan fingerprint density at radius 2 is 0.542 bits per heavy atom. The van der Waals surface area contributed by atoms with E-state index >= 15 is 0 Å². The number of hydrogen-bond donors (Lipinski definition) is 0. The van der Waals surface area contributed by atoms with Crippen molar-refractivity contribution in [3.8, 4) is 0 Å². The van der Waals surface area contributed by atoms with Gasteiger partial charge in [-0.2, -0.15) is 0 Å². The Hall–Kier alpha value is -3.93. The zero-order valence-corrected chi connectivity index (χ0v) is 46.9. The van der Waals surface area contributed by atoms with Gasteiger partial charge in [-0.25, -0.2) is 0 Å². The minimum atomic E-state index is -0.795. The first kappa shape index (κ1) is 68.1. The van der Waals surface area contributed by atoms with Crippen molar-refractivity contribution in [1.82, 2.24) is 0 Å². The van der Waals surface area contributed by atoms with Crippen molar-refractivity contribution in [1.29, 1.82) is 0 Å². The van der Waals surface area contributed by atoms with E-state index in [0.717, 1.165) is 141 Å². The Morgan fingerprint density at radius 1 is 0.292 bits per heavy atom. The summed E-state index contributed by atoms with van der Waals surface area (Å²) in [5.74, 6) is -0.928. The highest BCUT2D eigenvalue weighted by molar-refractivity contribution is 5.71. The van der Waals surface area contributed by atoms with Gasteiger partial charge in [-0.1, -0.05) is 233 Å². The average molecular weight is 1000 g/mol. The van der Waals surface area contributed by atoms with Crippen LogP contribution in [-0.2, 0) is 28.6 Å². The predicted molar refractivity (Wildman–Crippen MR) is 311 cm³/mol. The fraction of sp³-hybridized carbons (Fsp3) is 0.682. The molecule has 6 heteroatoms. The number of esters is 3. The normalized spacial score (nSPS) is 12.9. The van der Waals surface area contributed by atoms with Crippen LogP contribution in [0.5, 0.6) is 0 Å². The molecular formula is C66H110O6. The van der Waals surface area contributed by atoms with Gasteiger partial charge in [-0.15, -0.1) is 0 Å². The van der Waals surface area contributed by atoms with Gasteiger partial charge in [-0.3, -0.25) is 14.4 Å². The van der Waals surface area contributed by atoms with Gasteiger partial charge in [0.25, 0.3) is 0 Å². The Bertz CT molecular complexity index is 1470. The smallest absolute Gasteiger partial charge is 0.306 e. The number of unbranched alkanes of at least 4 members (excludes halogenated alkanes) is 24. The quantitative estimate of drug-likeness (QED) is 0.0261. The summed E-state index contributed by atoms with van der Waals surface area (Å²) >= 11 is 0. The average Bonchev–Trinajstić information content (AvgIpc) is 3.38. The van der Waals surface area contributed by atoms with E-state index in [1.807, 2.05) is 0 Å². The Morgan fingerprint density at radius 3 is 0.889 bits per heavy atom. The molecule has 0 aromatic heterocycles. The topological polar surface area (TPSA) is 78.9 Å². The van der Waals surface area contributed by atoms with E-state index in [1.165, 1.54) is 89.9 Å². The van der Waals surface area contributed by atoms with Crippen LogP contribution in [0.4, 0.5) is 0 Å². The van der Waals surface area contributed by atoms with E-state index in [0.29, 0.717) is 19.3 Å². The van der Waals surface area contributed by atoms with E-state index in [4.69, 9.17) is 14.2 Å². The summed E-state index contributed by atoms with van der Waals surface area (Å²) in [6, 6.07) is 0. The predicted octanol–water partition coefficient (Wildman–Crippen LogP) is 20.3. The van der Waals surface area contributed by atoms with Gasteiger partial charge in [0.2, 0.25) is 0 Å². The zero-order valence-electron chi connectivity index (χ0n) is 46.9. The van der Waals surface area contributed by atoms with E-state index in [-0.39, 0.29) is 31.1 Å². The first-order valence-corrected chi connectivity index (χ1v) is 29.9. The number of carbonyl (C=O) groups excluding carboxylic acids is 3. The van der Waals surface area contributed by atoms with E-state index < -0.39 is 6.10 Å². The number of ether oxygens (including phenoxy) is 3. The van der Waals surface area contributed by atoms with Gasteiger partial charge in [0.05, 0.1) is 0 Å². The molecule has 1 unspecified atom stereocenters. The molecule has 0 radical (unpaired) electrons. The number of rotatable bonds is 53. The van der Waals surface area contributed by atoms with Crippen LogP contribution in [0.1, 0.15) is 271 Å². The third kappa shape index (κ3) is 57.0. The van der Waals surface area contributed by atoms with Crippen LogP contribution in [0, 0.1) is 0 Å². The molecule has 0 rings (SSSR count). The molecule has 0 bridgehead atoms. The Labute approximate surface area is 444 Å². The van der Waals surface area contributed by atoms with Crippen LogP contribution in [0.2, 0.25) is 0 Å². The van der Waals surface area contributed by atoms with Crippen LogP contribution in [0.3, 0.4) is 0 Å². The van der Waals surface area contributed by atoms with E-state index in [1.54, 1.807) is 0 Å². The van der Waals surface area contributed by atoms with Crippen LogP contribution in [0.15, 0.2) is 109 Å². The molecule has 0 aliphatic carbocycles. The molecule has 0 saturated carbocycles. The lowest BCUT2D eigenvalue weighted by Gasteiger charge is -2.18. The molecule has 0 aliphatic heterocycles. The Balaban J connectivity index is 4.37. The minimum Gasteiger partial charge on any atom is -0.462 e. The second-order valence-corrected chi connectivity index (χ2v) is 19.5. The second-order valence-electron chi connectivity index (χ2n) is 19.5. The van der Waals surface area contributed by atoms with Gasteiger partial charge in [0.1, 0.15) is 13.2 Å². The van der Waals surface area contributed by atoms with Crippen LogP contribution in [-0.4, -0.2) is 37.2 Å². The van der Waals surface area contributed by atoms with E-state index in [2.05, 4.69) is 130 Å². The first-order chi connectivity index (χ1) is 35.5. The molecule has 0 heterocycles. The zero-order chi connectivity index (χ0) is 52.2. The minimum absolute atomic E-state index is 0.0926. The van der Waals surface area contributed by atoms with Gasteiger partial charge in [0.15, 0.2) is 6.10 Å². The van der Waals surface area contributed by atoms with Crippen LogP contribution < -0.4 is 0 Å². The largest absolute Gasteiger partial charge is 0.462 e.